The summed E-state index contributed by atoms with van der Waals surface area (Å²) in [6.45, 7) is 11.3. The molecule has 2 heterocycles. The maximum absolute atomic E-state index is 4.36. The van der Waals surface area contributed by atoms with Crippen LogP contribution in [0.5, 0.6) is 0 Å². The predicted octanol–water partition coefficient (Wildman–Crippen LogP) is 1.44. The molecule has 1 N–H and O–H groups in total. The number of piperazine rings is 1. The second-order valence-electron chi connectivity index (χ2n) is 6.10. The van der Waals surface area contributed by atoms with Gasteiger partial charge in [-0.3, -0.25) is 9.88 Å². The molecule has 1 fully saturated rings. The van der Waals surface area contributed by atoms with Crippen LogP contribution in [0.3, 0.4) is 0 Å². The Morgan fingerprint density at radius 2 is 1.95 bits per heavy atom. The molecule has 4 heteroatoms. The molecule has 0 spiro atoms. The first kappa shape index (κ1) is 15.4. The third kappa shape index (κ3) is 4.54. The van der Waals surface area contributed by atoms with E-state index >= 15 is 0 Å². The van der Waals surface area contributed by atoms with E-state index in [4.69, 9.17) is 0 Å². The fourth-order valence-corrected chi connectivity index (χ4v) is 2.79. The van der Waals surface area contributed by atoms with Gasteiger partial charge < -0.3 is 10.2 Å². The molecule has 0 bridgehead atoms. The van der Waals surface area contributed by atoms with Crippen LogP contribution in [0.15, 0.2) is 24.4 Å². The Balaban J connectivity index is 1.80. The monoisotopic (exact) mass is 276 g/mol. The van der Waals surface area contributed by atoms with E-state index in [9.17, 15) is 0 Å². The maximum atomic E-state index is 4.36. The number of rotatable bonds is 6. The molecule has 1 aliphatic heterocycles. The first-order chi connectivity index (χ1) is 9.66. The second kappa shape index (κ2) is 7.72. The van der Waals surface area contributed by atoms with Crippen molar-refractivity contribution >= 4 is 0 Å². The molecule has 1 aliphatic rings. The summed E-state index contributed by atoms with van der Waals surface area (Å²) in [7, 11) is 2.21. The first-order valence-corrected chi connectivity index (χ1v) is 7.70. The lowest BCUT2D eigenvalue weighted by atomic mass is 10.0. The van der Waals surface area contributed by atoms with E-state index in [2.05, 4.69) is 47.1 Å². The van der Waals surface area contributed by atoms with E-state index in [-0.39, 0.29) is 0 Å². The summed E-state index contributed by atoms with van der Waals surface area (Å²) in [4.78, 5) is 9.41. The number of nitrogens with one attached hydrogen (secondary N) is 1. The fraction of sp³-hybridized carbons (Fsp3) is 0.688. The standard InChI is InChI=1S/C16H28N4/c1-14(2)16(20-10-8-19(3)9-11-20)13-17-12-15-6-4-5-7-18-15/h4-7,14,16-17H,8-13H2,1-3H3. The van der Waals surface area contributed by atoms with E-state index in [0.29, 0.717) is 12.0 Å². The van der Waals surface area contributed by atoms with Crippen LogP contribution in [0.1, 0.15) is 19.5 Å². The van der Waals surface area contributed by atoms with Crippen LogP contribution in [-0.4, -0.2) is 60.6 Å². The average Bonchev–Trinajstić information content (AvgIpc) is 2.46. The van der Waals surface area contributed by atoms with Gasteiger partial charge in [-0.2, -0.15) is 0 Å². The Kier molecular flexibility index (Phi) is 5.95. The smallest absolute Gasteiger partial charge is 0.0541 e. The third-order valence-corrected chi connectivity index (χ3v) is 4.16. The normalized spacial score (nSPS) is 19.4. The molecule has 1 saturated heterocycles. The van der Waals surface area contributed by atoms with Gasteiger partial charge in [0.25, 0.3) is 0 Å². The zero-order valence-electron chi connectivity index (χ0n) is 13.0. The molecule has 0 aromatic carbocycles. The molecule has 112 valence electrons. The summed E-state index contributed by atoms with van der Waals surface area (Å²) < 4.78 is 0. The first-order valence-electron chi connectivity index (χ1n) is 7.70. The summed E-state index contributed by atoms with van der Waals surface area (Å²) in [5.41, 5.74) is 1.12. The van der Waals surface area contributed by atoms with Crippen LogP contribution in [0.2, 0.25) is 0 Å². The minimum absolute atomic E-state index is 0.618. The SMILES string of the molecule is CC(C)C(CNCc1ccccn1)N1CCN(C)CC1. The van der Waals surface area contributed by atoms with Gasteiger partial charge in [0.1, 0.15) is 0 Å². The van der Waals surface area contributed by atoms with Gasteiger partial charge in [-0.25, -0.2) is 0 Å². The van der Waals surface area contributed by atoms with Crippen LogP contribution in [0.4, 0.5) is 0 Å². The van der Waals surface area contributed by atoms with E-state index in [1.165, 1.54) is 26.2 Å². The molecule has 1 aromatic rings. The summed E-state index contributed by atoms with van der Waals surface area (Å²) in [6, 6.07) is 6.70. The Labute approximate surface area is 123 Å². The summed E-state index contributed by atoms with van der Waals surface area (Å²) in [5.74, 6) is 0.676. The van der Waals surface area contributed by atoms with Crippen LogP contribution in [0, 0.1) is 5.92 Å². The predicted molar refractivity (Wildman–Crippen MR) is 83.6 cm³/mol. The highest BCUT2D eigenvalue weighted by Crippen LogP contribution is 2.13. The number of hydrogen-bond acceptors (Lipinski definition) is 4. The largest absolute Gasteiger partial charge is 0.310 e. The van der Waals surface area contributed by atoms with Crippen molar-refractivity contribution in [2.24, 2.45) is 5.92 Å². The van der Waals surface area contributed by atoms with Crippen LogP contribution in [0.25, 0.3) is 0 Å². The van der Waals surface area contributed by atoms with E-state index in [1.807, 2.05) is 18.3 Å². The van der Waals surface area contributed by atoms with Crippen LogP contribution >= 0.6 is 0 Å². The molecule has 20 heavy (non-hydrogen) atoms. The highest BCUT2D eigenvalue weighted by atomic mass is 15.3. The Morgan fingerprint density at radius 1 is 1.20 bits per heavy atom. The van der Waals surface area contributed by atoms with Crippen molar-refractivity contribution in [3.8, 4) is 0 Å². The molecule has 1 aromatic heterocycles. The number of nitrogens with zero attached hydrogens (tertiary/aromatic N) is 3. The summed E-state index contributed by atoms with van der Waals surface area (Å²) in [6.07, 6.45) is 1.86. The Bertz CT molecular complexity index is 371. The van der Waals surface area contributed by atoms with Crippen molar-refractivity contribution in [2.45, 2.75) is 26.4 Å². The molecule has 1 atom stereocenters. The van der Waals surface area contributed by atoms with Gasteiger partial charge in [-0.15, -0.1) is 0 Å². The second-order valence-corrected chi connectivity index (χ2v) is 6.10. The number of likely N-dealkylation sites (N-methyl/N-ethyl adjacent to an activating group) is 1. The van der Waals surface area contributed by atoms with Gasteiger partial charge in [-0.05, 0) is 25.1 Å². The van der Waals surface area contributed by atoms with Crippen molar-refractivity contribution in [1.82, 2.24) is 20.1 Å². The zero-order chi connectivity index (χ0) is 14.4. The number of hydrogen-bond donors (Lipinski definition) is 1. The van der Waals surface area contributed by atoms with E-state index < -0.39 is 0 Å². The van der Waals surface area contributed by atoms with Crippen LogP contribution < -0.4 is 5.32 Å². The molecule has 0 aliphatic carbocycles. The topological polar surface area (TPSA) is 31.4 Å². The van der Waals surface area contributed by atoms with Gasteiger partial charge in [0, 0.05) is 51.5 Å². The van der Waals surface area contributed by atoms with Gasteiger partial charge in [0.05, 0.1) is 5.69 Å². The lowest BCUT2D eigenvalue weighted by Crippen LogP contribution is -2.53. The molecular formula is C16H28N4. The molecule has 0 saturated carbocycles. The highest BCUT2D eigenvalue weighted by Gasteiger charge is 2.24. The van der Waals surface area contributed by atoms with Crippen molar-refractivity contribution in [2.75, 3.05) is 39.8 Å². The molecule has 0 amide bonds. The van der Waals surface area contributed by atoms with Gasteiger partial charge in [0.15, 0.2) is 0 Å². The lowest BCUT2D eigenvalue weighted by molar-refractivity contribution is 0.0875. The number of aromatic nitrogens is 1. The maximum Gasteiger partial charge on any atom is 0.0541 e. The number of pyridine rings is 1. The van der Waals surface area contributed by atoms with Crippen molar-refractivity contribution < 1.29 is 0 Å². The zero-order valence-corrected chi connectivity index (χ0v) is 13.0. The van der Waals surface area contributed by atoms with Gasteiger partial charge in [0.2, 0.25) is 0 Å². The third-order valence-electron chi connectivity index (χ3n) is 4.16. The minimum atomic E-state index is 0.618. The van der Waals surface area contributed by atoms with E-state index in [1.54, 1.807) is 0 Å². The molecule has 4 nitrogen and oxygen atoms in total. The Hall–Kier alpha value is -0.970. The molecule has 0 radical (unpaired) electrons. The van der Waals surface area contributed by atoms with Crippen LogP contribution in [-0.2, 0) is 6.54 Å². The lowest BCUT2D eigenvalue weighted by Gasteiger charge is -2.40. The molecular weight excluding hydrogens is 248 g/mol. The van der Waals surface area contributed by atoms with E-state index in [0.717, 1.165) is 18.8 Å². The van der Waals surface area contributed by atoms with Crippen molar-refractivity contribution in [3.05, 3.63) is 30.1 Å². The van der Waals surface area contributed by atoms with Gasteiger partial charge >= 0.3 is 0 Å². The van der Waals surface area contributed by atoms with Crippen molar-refractivity contribution in [3.63, 3.8) is 0 Å². The highest BCUT2D eigenvalue weighted by molar-refractivity contribution is 5.03. The van der Waals surface area contributed by atoms with Crippen molar-refractivity contribution in [1.29, 1.82) is 0 Å². The summed E-state index contributed by atoms with van der Waals surface area (Å²) >= 11 is 0. The molecule has 2 rings (SSSR count). The Morgan fingerprint density at radius 3 is 2.55 bits per heavy atom. The minimum Gasteiger partial charge on any atom is -0.310 e. The quantitative estimate of drug-likeness (QED) is 0.852. The summed E-state index contributed by atoms with van der Waals surface area (Å²) in [5, 5.41) is 3.57. The van der Waals surface area contributed by atoms with Gasteiger partial charge in [-0.1, -0.05) is 19.9 Å². The molecule has 1 unspecified atom stereocenters. The fourth-order valence-electron chi connectivity index (χ4n) is 2.79. The average molecular weight is 276 g/mol.